The molecule has 3 heterocycles. The van der Waals surface area contributed by atoms with Crippen LogP contribution in [0.15, 0.2) is 29.6 Å². The summed E-state index contributed by atoms with van der Waals surface area (Å²) in [5.41, 5.74) is 3.29. The standard InChI is InChI=1S/C18H17N4O2S.Na/c1-4-5-10-24-16-7-6-13-17(21-16)22-18(20-13)25-11-14-12(2)15(23-3)8-9-19-14;/h6-9H,10-11H2,1-3H3;/q-1;+1. The molecule has 0 atom stereocenters. The Bertz CT molecular complexity index is 949. The van der Waals surface area contributed by atoms with Crippen LogP contribution in [0, 0.1) is 18.8 Å². The summed E-state index contributed by atoms with van der Waals surface area (Å²) >= 11 is 1.52. The van der Waals surface area contributed by atoms with Crippen molar-refractivity contribution in [1.29, 1.82) is 0 Å². The number of imidazole rings is 1. The number of nitrogens with zero attached hydrogens (tertiary/aromatic N) is 4. The summed E-state index contributed by atoms with van der Waals surface area (Å²) in [6.07, 6.45) is 1.74. The van der Waals surface area contributed by atoms with Crippen molar-refractivity contribution in [1.82, 2.24) is 19.9 Å². The van der Waals surface area contributed by atoms with Gasteiger partial charge in [-0.1, -0.05) is 5.92 Å². The zero-order chi connectivity index (χ0) is 17.6. The predicted molar refractivity (Wildman–Crippen MR) is 96.9 cm³/mol. The van der Waals surface area contributed by atoms with Gasteiger partial charge in [-0.05, 0) is 32.0 Å². The summed E-state index contributed by atoms with van der Waals surface area (Å²) in [5, 5.41) is 0.664. The minimum Gasteiger partial charge on any atom is -0.496 e. The monoisotopic (exact) mass is 376 g/mol. The van der Waals surface area contributed by atoms with Gasteiger partial charge in [-0.2, -0.15) is 0 Å². The van der Waals surface area contributed by atoms with Crippen molar-refractivity contribution in [2.75, 3.05) is 13.7 Å². The molecule has 3 aromatic heterocycles. The average molecular weight is 376 g/mol. The molecule has 0 saturated carbocycles. The number of pyridine rings is 2. The molecule has 0 aliphatic rings. The Hall–Kier alpha value is -1.72. The average Bonchev–Trinajstić information content (AvgIpc) is 3.03. The predicted octanol–water partition coefficient (Wildman–Crippen LogP) is -0.00258. The molecule has 0 fully saturated rings. The Morgan fingerprint density at radius 3 is 2.85 bits per heavy atom. The van der Waals surface area contributed by atoms with Crippen molar-refractivity contribution in [2.45, 2.75) is 24.8 Å². The van der Waals surface area contributed by atoms with E-state index in [4.69, 9.17) is 9.47 Å². The van der Waals surface area contributed by atoms with E-state index >= 15 is 0 Å². The number of fused-ring (bicyclic) bond motifs is 1. The second kappa shape index (κ2) is 9.83. The fourth-order valence-corrected chi connectivity index (χ4v) is 3.07. The molecular weight excluding hydrogens is 359 g/mol. The van der Waals surface area contributed by atoms with Gasteiger partial charge in [-0.3, -0.25) is 4.98 Å². The first kappa shape index (κ1) is 20.6. The summed E-state index contributed by atoms with van der Waals surface area (Å²) in [4.78, 5) is 17.7. The molecule has 6 nitrogen and oxygen atoms in total. The molecule has 0 amide bonds. The Labute approximate surface area is 178 Å². The topological polar surface area (TPSA) is 71.2 Å². The number of hydrogen-bond donors (Lipinski definition) is 0. The summed E-state index contributed by atoms with van der Waals surface area (Å²) in [6.45, 7) is 4.07. The van der Waals surface area contributed by atoms with E-state index in [2.05, 4.69) is 31.8 Å². The third kappa shape index (κ3) is 4.92. The van der Waals surface area contributed by atoms with Gasteiger partial charge in [0.05, 0.1) is 12.8 Å². The van der Waals surface area contributed by atoms with E-state index in [-0.39, 0.29) is 29.6 Å². The van der Waals surface area contributed by atoms with Crippen molar-refractivity contribution in [2.24, 2.45) is 0 Å². The van der Waals surface area contributed by atoms with Crippen LogP contribution in [-0.2, 0) is 5.75 Å². The maximum Gasteiger partial charge on any atom is 1.00 e. The van der Waals surface area contributed by atoms with E-state index in [1.165, 1.54) is 11.8 Å². The molecule has 0 radical (unpaired) electrons. The molecule has 0 aliphatic heterocycles. The van der Waals surface area contributed by atoms with Crippen molar-refractivity contribution in [3.8, 4) is 23.5 Å². The van der Waals surface area contributed by atoms with E-state index < -0.39 is 0 Å². The van der Waals surface area contributed by atoms with Gasteiger partial charge in [0, 0.05) is 33.8 Å². The third-order valence-electron chi connectivity index (χ3n) is 3.53. The van der Waals surface area contributed by atoms with Gasteiger partial charge in [0.25, 0.3) is 0 Å². The number of thioether (sulfide) groups is 1. The Kier molecular flexibility index (Phi) is 7.79. The van der Waals surface area contributed by atoms with Crippen molar-refractivity contribution in [3.63, 3.8) is 0 Å². The molecule has 0 unspecified atom stereocenters. The van der Waals surface area contributed by atoms with E-state index in [1.54, 1.807) is 26.3 Å². The number of ether oxygens (including phenoxy) is 2. The molecule has 26 heavy (non-hydrogen) atoms. The van der Waals surface area contributed by atoms with Crippen LogP contribution in [0.25, 0.3) is 11.2 Å². The first-order chi connectivity index (χ1) is 12.2. The van der Waals surface area contributed by atoms with Gasteiger partial charge in [0.2, 0.25) is 0 Å². The normalized spacial score (nSPS) is 9.96. The molecule has 128 valence electrons. The van der Waals surface area contributed by atoms with Crippen LogP contribution in [0.3, 0.4) is 0 Å². The van der Waals surface area contributed by atoms with Gasteiger partial charge >= 0.3 is 29.6 Å². The molecule has 0 N–H and O–H groups in total. The first-order valence-electron chi connectivity index (χ1n) is 7.66. The van der Waals surface area contributed by atoms with Crippen molar-refractivity contribution < 1.29 is 39.0 Å². The third-order valence-corrected chi connectivity index (χ3v) is 4.39. The smallest absolute Gasteiger partial charge is 0.496 e. The van der Waals surface area contributed by atoms with Gasteiger partial charge in [0.15, 0.2) is 0 Å². The molecule has 0 spiro atoms. The Morgan fingerprint density at radius 1 is 1.23 bits per heavy atom. The summed E-state index contributed by atoms with van der Waals surface area (Å²) < 4.78 is 10.8. The van der Waals surface area contributed by atoms with Gasteiger partial charge in [0.1, 0.15) is 18.2 Å². The molecule has 0 saturated heterocycles. The van der Waals surface area contributed by atoms with Crippen LogP contribution in [0.4, 0.5) is 0 Å². The van der Waals surface area contributed by atoms with Crippen LogP contribution in [0.2, 0.25) is 0 Å². The SMILES string of the molecule is CC#CCOc1ccc2nc(SCc3nccc(OC)c3C)[n-]c2n1.[Na+]. The summed E-state index contributed by atoms with van der Waals surface area (Å²) in [7, 11) is 1.66. The number of aromatic nitrogens is 4. The van der Waals surface area contributed by atoms with E-state index in [1.807, 2.05) is 19.1 Å². The molecule has 3 rings (SSSR count). The quantitative estimate of drug-likeness (QED) is 0.341. The fourth-order valence-electron chi connectivity index (χ4n) is 2.20. The number of rotatable bonds is 6. The number of methoxy groups -OCH3 is 1. The maximum absolute atomic E-state index is 5.45. The van der Waals surface area contributed by atoms with E-state index in [0.29, 0.717) is 29.0 Å². The van der Waals surface area contributed by atoms with Crippen molar-refractivity contribution in [3.05, 3.63) is 35.7 Å². The Balaban J connectivity index is 0.00000243. The number of hydrogen-bond acceptors (Lipinski definition) is 6. The van der Waals surface area contributed by atoms with E-state index in [9.17, 15) is 0 Å². The minimum atomic E-state index is 0. The zero-order valence-electron chi connectivity index (χ0n) is 15.2. The minimum absolute atomic E-state index is 0. The van der Waals surface area contributed by atoms with Crippen LogP contribution in [0.1, 0.15) is 18.2 Å². The molecule has 0 bridgehead atoms. The van der Waals surface area contributed by atoms with Gasteiger partial charge < -0.3 is 24.4 Å². The second-order valence-electron chi connectivity index (χ2n) is 5.09. The molecule has 8 heteroatoms. The van der Waals surface area contributed by atoms with Gasteiger partial charge in [-0.25, -0.2) is 0 Å². The summed E-state index contributed by atoms with van der Waals surface area (Å²) in [5.74, 6) is 7.60. The van der Waals surface area contributed by atoms with Crippen LogP contribution >= 0.6 is 11.8 Å². The summed E-state index contributed by atoms with van der Waals surface area (Å²) in [6, 6.07) is 5.48. The van der Waals surface area contributed by atoms with Crippen LogP contribution in [-0.4, -0.2) is 28.7 Å². The molecule has 0 aliphatic carbocycles. The first-order valence-corrected chi connectivity index (χ1v) is 8.65. The zero-order valence-corrected chi connectivity index (χ0v) is 18.1. The maximum atomic E-state index is 5.45. The van der Waals surface area contributed by atoms with E-state index in [0.717, 1.165) is 22.5 Å². The van der Waals surface area contributed by atoms with Gasteiger partial charge in [-0.15, -0.1) is 17.7 Å². The molecule has 0 aromatic carbocycles. The van der Waals surface area contributed by atoms with Crippen LogP contribution < -0.4 is 44.0 Å². The Morgan fingerprint density at radius 2 is 2.08 bits per heavy atom. The van der Waals surface area contributed by atoms with Crippen LogP contribution in [0.5, 0.6) is 11.6 Å². The molecular formula is C18H17N4NaO2S. The second-order valence-corrected chi connectivity index (χ2v) is 6.03. The largest absolute Gasteiger partial charge is 1.00 e. The molecule has 3 aromatic rings. The fraction of sp³-hybridized carbons (Fsp3) is 0.278. The van der Waals surface area contributed by atoms with Crippen molar-refractivity contribution >= 4 is 22.9 Å².